The number of benzene rings is 1. The minimum Gasteiger partial charge on any atom is -0.295 e. The Morgan fingerprint density at radius 3 is 1.87 bits per heavy atom. The summed E-state index contributed by atoms with van der Waals surface area (Å²) in [6.07, 6.45) is 0. The number of hydrogen-bond donors (Lipinski definition) is 4. The van der Waals surface area contributed by atoms with Crippen LogP contribution in [-0.4, -0.2) is 11.8 Å². The Morgan fingerprint density at radius 2 is 1.53 bits per heavy atom. The Bertz CT molecular complexity index is 313. The normalized spacial score (nSPS) is 8.20. The molecule has 1 aromatic rings. The molecule has 82 valence electrons. The molecular formula is C9H14N4O2. The predicted octanol–water partition coefficient (Wildman–Crippen LogP) is -0.714. The van der Waals surface area contributed by atoms with Crippen LogP contribution < -0.4 is 22.5 Å². The maximum absolute atomic E-state index is 10.8. The fraction of sp³-hybridized carbons (Fsp3) is 0.111. The van der Waals surface area contributed by atoms with Gasteiger partial charge in [0.1, 0.15) is 0 Å². The van der Waals surface area contributed by atoms with Crippen LogP contribution in [0.25, 0.3) is 0 Å². The van der Waals surface area contributed by atoms with E-state index in [4.69, 9.17) is 5.84 Å². The van der Waals surface area contributed by atoms with Gasteiger partial charge in [-0.2, -0.15) is 0 Å². The van der Waals surface area contributed by atoms with Crippen LogP contribution in [0.2, 0.25) is 0 Å². The average molecular weight is 210 g/mol. The van der Waals surface area contributed by atoms with Gasteiger partial charge in [-0.05, 0) is 12.1 Å². The lowest BCUT2D eigenvalue weighted by Crippen LogP contribution is -2.29. The highest BCUT2D eigenvalue weighted by Gasteiger charge is 1.98. The largest absolute Gasteiger partial charge is 0.295 e. The summed E-state index contributed by atoms with van der Waals surface area (Å²) >= 11 is 0. The molecule has 1 rings (SSSR count). The number of hydrogen-bond acceptors (Lipinski definition) is 4. The monoisotopic (exact) mass is 210 g/mol. The Labute approximate surface area is 87.6 Å². The number of carbonyl (C=O) groups is 2. The zero-order valence-electron chi connectivity index (χ0n) is 8.36. The van der Waals surface area contributed by atoms with E-state index in [0.29, 0.717) is 5.56 Å². The first-order valence-electron chi connectivity index (χ1n) is 4.15. The molecule has 0 unspecified atom stereocenters. The van der Waals surface area contributed by atoms with Gasteiger partial charge >= 0.3 is 0 Å². The molecule has 6 heteroatoms. The highest BCUT2D eigenvalue weighted by Crippen LogP contribution is 1.95. The molecule has 0 radical (unpaired) electrons. The second-order valence-electron chi connectivity index (χ2n) is 2.54. The molecule has 0 spiro atoms. The van der Waals surface area contributed by atoms with E-state index in [0.717, 1.165) is 0 Å². The summed E-state index contributed by atoms with van der Waals surface area (Å²) in [4.78, 5) is 20.4. The first-order valence-corrected chi connectivity index (χ1v) is 4.15. The highest BCUT2D eigenvalue weighted by molar-refractivity contribution is 5.93. The summed E-state index contributed by atoms with van der Waals surface area (Å²) < 4.78 is 0. The van der Waals surface area contributed by atoms with Crippen LogP contribution in [0.5, 0.6) is 0 Å². The molecule has 0 aliphatic heterocycles. The number of amides is 2. The van der Waals surface area contributed by atoms with Crippen molar-refractivity contribution < 1.29 is 9.59 Å². The molecule has 15 heavy (non-hydrogen) atoms. The molecule has 0 bridgehead atoms. The van der Waals surface area contributed by atoms with Crippen LogP contribution >= 0.6 is 0 Å². The fourth-order valence-electron chi connectivity index (χ4n) is 0.673. The van der Waals surface area contributed by atoms with E-state index in [1.54, 1.807) is 24.3 Å². The SMILES string of the molecule is CC(=O)NN.NNC(=O)c1ccccc1. The van der Waals surface area contributed by atoms with Crippen LogP contribution in [0.3, 0.4) is 0 Å². The molecule has 6 nitrogen and oxygen atoms in total. The topological polar surface area (TPSA) is 110 Å². The summed E-state index contributed by atoms with van der Waals surface area (Å²) in [7, 11) is 0. The molecule has 2 amide bonds. The third-order valence-corrected chi connectivity index (χ3v) is 1.37. The van der Waals surface area contributed by atoms with Crippen molar-refractivity contribution in [2.45, 2.75) is 6.92 Å². The Morgan fingerprint density at radius 1 is 1.07 bits per heavy atom. The molecule has 0 aromatic heterocycles. The van der Waals surface area contributed by atoms with Crippen molar-refractivity contribution in [3.05, 3.63) is 35.9 Å². The summed E-state index contributed by atoms with van der Waals surface area (Å²) in [5.41, 5.74) is 4.51. The predicted molar refractivity (Wildman–Crippen MR) is 56.1 cm³/mol. The van der Waals surface area contributed by atoms with E-state index < -0.39 is 0 Å². The molecule has 1 aromatic carbocycles. The van der Waals surface area contributed by atoms with Gasteiger partial charge in [0.2, 0.25) is 5.91 Å². The van der Waals surface area contributed by atoms with Gasteiger partial charge in [-0.1, -0.05) is 18.2 Å². The Hall–Kier alpha value is -1.92. The lowest BCUT2D eigenvalue weighted by molar-refractivity contribution is -0.119. The van der Waals surface area contributed by atoms with Gasteiger partial charge in [0, 0.05) is 12.5 Å². The van der Waals surface area contributed by atoms with Crippen molar-refractivity contribution in [2.24, 2.45) is 11.7 Å². The fourth-order valence-corrected chi connectivity index (χ4v) is 0.673. The molecule has 0 atom stereocenters. The first kappa shape index (κ1) is 13.1. The van der Waals surface area contributed by atoms with Crippen LogP contribution in [0.1, 0.15) is 17.3 Å². The van der Waals surface area contributed by atoms with Crippen molar-refractivity contribution in [2.75, 3.05) is 0 Å². The zero-order chi connectivity index (χ0) is 11.7. The van der Waals surface area contributed by atoms with Gasteiger partial charge in [-0.15, -0.1) is 0 Å². The third-order valence-electron chi connectivity index (χ3n) is 1.37. The quantitative estimate of drug-likeness (QED) is 0.278. The van der Waals surface area contributed by atoms with Crippen LogP contribution in [0, 0.1) is 0 Å². The second kappa shape index (κ2) is 7.48. The number of nitrogen functional groups attached to an aromatic ring is 1. The first-order chi connectivity index (χ1) is 7.11. The second-order valence-corrected chi connectivity index (χ2v) is 2.54. The van der Waals surface area contributed by atoms with E-state index in [2.05, 4.69) is 5.84 Å². The number of nitrogens with two attached hydrogens (primary N) is 2. The molecule has 6 N–H and O–H groups in total. The van der Waals surface area contributed by atoms with E-state index in [1.165, 1.54) is 6.92 Å². The van der Waals surface area contributed by atoms with Crippen molar-refractivity contribution in [1.29, 1.82) is 0 Å². The third kappa shape index (κ3) is 6.19. The summed E-state index contributed by atoms with van der Waals surface area (Å²) in [6.45, 7) is 1.35. The number of hydrazine groups is 2. The average Bonchev–Trinajstić information content (AvgIpc) is 2.30. The van der Waals surface area contributed by atoms with Crippen LogP contribution in [-0.2, 0) is 4.79 Å². The van der Waals surface area contributed by atoms with E-state index >= 15 is 0 Å². The van der Waals surface area contributed by atoms with Crippen LogP contribution in [0.4, 0.5) is 0 Å². The minimum absolute atomic E-state index is 0.218. The molecule has 0 saturated carbocycles. The standard InChI is InChI=1S/C7H8N2O.C2H6N2O/c8-9-7(10)6-4-2-1-3-5-6;1-2(5)4-3/h1-5H,8H2,(H,9,10);3H2,1H3,(H,4,5). The number of rotatable bonds is 1. The van der Waals surface area contributed by atoms with Crippen molar-refractivity contribution in [1.82, 2.24) is 10.9 Å². The number of carbonyl (C=O) groups excluding carboxylic acids is 2. The van der Waals surface area contributed by atoms with Gasteiger partial charge in [-0.3, -0.25) is 20.4 Å². The van der Waals surface area contributed by atoms with Gasteiger partial charge in [-0.25, -0.2) is 11.7 Å². The zero-order valence-corrected chi connectivity index (χ0v) is 8.36. The molecule has 0 heterocycles. The van der Waals surface area contributed by atoms with Crippen LogP contribution in [0.15, 0.2) is 30.3 Å². The smallest absolute Gasteiger partial charge is 0.265 e. The molecular weight excluding hydrogens is 196 g/mol. The van der Waals surface area contributed by atoms with Crippen molar-refractivity contribution in [3.8, 4) is 0 Å². The summed E-state index contributed by atoms with van der Waals surface area (Å²) in [6, 6.07) is 8.80. The minimum atomic E-state index is -0.263. The highest BCUT2D eigenvalue weighted by atomic mass is 16.2. The molecule has 0 aliphatic carbocycles. The summed E-state index contributed by atoms with van der Waals surface area (Å²) in [5, 5.41) is 0. The lowest BCUT2D eigenvalue weighted by Gasteiger charge is -1.95. The van der Waals surface area contributed by atoms with Gasteiger partial charge in [0.15, 0.2) is 0 Å². The molecule has 0 fully saturated rings. The maximum Gasteiger partial charge on any atom is 0.265 e. The Balaban J connectivity index is 0.000000336. The van der Waals surface area contributed by atoms with E-state index in [9.17, 15) is 9.59 Å². The molecule has 0 saturated heterocycles. The van der Waals surface area contributed by atoms with E-state index in [-0.39, 0.29) is 11.8 Å². The van der Waals surface area contributed by atoms with Crippen molar-refractivity contribution in [3.63, 3.8) is 0 Å². The van der Waals surface area contributed by atoms with Crippen molar-refractivity contribution >= 4 is 11.8 Å². The maximum atomic E-state index is 10.8. The van der Waals surface area contributed by atoms with E-state index in [1.807, 2.05) is 16.9 Å². The van der Waals surface area contributed by atoms with Gasteiger partial charge < -0.3 is 0 Å². The van der Waals surface area contributed by atoms with Gasteiger partial charge in [0.05, 0.1) is 0 Å². The summed E-state index contributed by atoms with van der Waals surface area (Å²) in [5.74, 6) is 9.00. The lowest BCUT2D eigenvalue weighted by atomic mass is 10.2. The van der Waals surface area contributed by atoms with Gasteiger partial charge in [0.25, 0.3) is 5.91 Å². The Kier molecular flexibility index (Phi) is 6.52. The number of nitrogens with one attached hydrogen (secondary N) is 2. The molecule has 0 aliphatic rings.